The maximum atomic E-state index is 10.4. The molecule has 0 aromatic rings. The van der Waals surface area contributed by atoms with Gasteiger partial charge in [0.25, 0.3) is 0 Å². The van der Waals surface area contributed by atoms with Gasteiger partial charge in [-0.15, -0.1) is 0 Å². The van der Waals surface area contributed by atoms with E-state index >= 15 is 0 Å². The maximum Gasteiger partial charge on any atom is 0.247 e. The van der Waals surface area contributed by atoms with Crippen molar-refractivity contribution in [3.63, 3.8) is 0 Å². The summed E-state index contributed by atoms with van der Waals surface area (Å²) in [5.74, 6) is -0.695. The number of nitrogens with one attached hydrogen (secondary N) is 1. The third-order valence-electron chi connectivity index (χ3n) is 2.06. The summed E-state index contributed by atoms with van der Waals surface area (Å²) in [6, 6.07) is 0. The number of rotatable bonds is 5. The Kier molecular flexibility index (Phi) is 4.14. The van der Waals surface area contributed by atoms with Crippen LogP contribution in [0.3, 0.4) is 0 Å². The average molecular weight is 188 g/mol. The number of amides is 1. The highest BCUT2D eigenvalue weighted by atomic mass is 16.5. The molecule has 13 heavy (non-hydrogen) atoms. The minimum absolute atomic E-state index is 0.204. The van der Waals surface area contributed by atoms with Gasteiger partial charge in [-0.25, -0.2) is 0 Å². The zero-order valence-electron chi connectivity index (χ0n) is 7.53. The van der Waals surface area contributed by atoms with Crippen LogP contribution in [-0.4, -0.2) is 42.9 Å². The average Bonchev–Trinajstić information content (AvgIpc) is 2.56. The molecule has 1 rings (SSSR count). The first-order chi connectivity index (χ1) is 6.20. The molecule has 0 spiro atoms. The van der Waals surface area contributed by atoms with Crippen molar-refractivity contribution < 1.29 is 14.6 Å². The molecular formula is C8H16N2O3. The van der Waals surface area contributed by atoms with E-state index in [2.05, 4.69) is 5.32 Å². The van der Waals surface area contributed by atoms with E-state index in [0.29, 0.717) is 6.54 Å². The number of carbonyl (C=O) groups excluding carboxylic acids is 1. The number of aliphatic hydroxyl groups is 1. The van der Waals surface area contributed by atoms with Gasteiger partial charge in [0.15, 0.2) is 0 Å². The minimum atomic E-state index is -1.10. The van der Waals surface area contributed by atoms with Crippen LogP contribution in [0.1, 0.15) is 12.8 Å². The lowest BCUT2D eigenvalue weighted by molar-refractivity contribution is -0.125. The predicted octanol–water partition coefficient (Wildman–Crippen LogP) is -1.40. The fourth-order valence-electron chi connectivity index (χ4n) is 1.29. The fourth-order valence-corrected chi connectivity index (χ4v) is 1.29. The first kappa shape index (κ1) is 10.4. The molecule has 1 aliphatic rings. The van der Waals surface area contributed by atoms with Gasteiger partial charge in [0, 0.05) is 19.7 Å². The minimum Gasteiger partial charge on any atom is -0.382 e. The molecule has 0 aromatic carbocycles. The number of carbonyl (C=O) groups is 1. The zero-order valence-corrected chi connectivity index (χ0v) is 7.53. The summed E-state index contributed by atoms with van der Waals surface area (Å²) in [5.41, 5.74) is 4.87. The lowest BCUT2D eigenvalue weighted by atomic mass is 10.2. The highest BCUT2D eigenvalue weighted by molar-refractivity contribution is 5.78. The van der Waals surface area contributed by atoms with Crippen LogP contribution in [0.25, 0.3) is 0 Å². The largest absolute Gasteiger partial charge is 0.382 e. The van der Waals surface area contributed by atoms with Gasteiger partial charge in [-0.1, -0.05) is 0 Å². The first-order valence-electron chi connectivity index (χ1n) is 4.50. The molecule has 0 saturated carbocycles. The van der Waals surface area contributed by atoms with Crippen molar-refractivity contribution in [3.8, 4) is 0 Å². The summed E-state index contributed by atoms with van der Waals surface area (Å²) >= 11 is 0. The number of hydrogen-bond acceptors (Lipinski definition) is 4. The molecule has 0 aromatic heterocycles. The lowest BCUT2D eigenvalue weighted by Gasteiger charge is -2.12. The second-order valence-electron chi connectivity index (χ2n) is 3.21. The molecule has 1 heterocycles. The van der Waals surface area contributed by atoms with Gasteiger partial charge in [-0.3, -0.25) is 4.79 Å². The molecule has 4 N–H and O–H groups in total. The number of nitrogens with two attached hydrogens (primary N) is 1. The van der Waals surface area contributed by atoms with Crippen molar-refractivity contribution in [2.24, 2.45) is 5.73 Å². The second-order valence-corrected chi connectivity index (χ2v) is 3.21. The van der Waals surface area contributed by atoms with Crippen LogP contribution in [-0.2, 0) is 9.53 Å². The molecule has 0 aliphatic carbocycles. The van der Waals surface area contributed by atoms with Gasteiger partial charge in [-0.05, 0) is 12.8 Å². The van der Waals surface area contributed by atoms with E-state index in [1.54, 1.807) is 0 Å². The lowest BCUT2D eigenvalue weighted by Crippen LogP contribution is -2.40. The third kappa shape index (κ3) is 3.71. The van der Waals surface area contributed by atoms with E-state index in [4.69, 9.17) is 15.6 Å². The Morgan fingerprint density at radius 2 is 2.54 bits per heavy atom. The molecule has 1 fully saturated rings. The third-order valence-corrected chi connectivity index (χ3v) is 2.06. The van der Waals surface area contributed by atoms with E-state index in [0.717, 1.165) is 19.4 Å². The molecule has 76 valence electrons. The summed E-state index contributed by atoms with van der Waals surface area (Å²) in [7, 11) is 0. The standard InChI is InChI=1S/C8H16N2O3/c9-8(12)7(11)5-10-4-6-2-1-3-13-6/h6-7,10-11H,1-5H2,(H2,9,12). The van der Waals surface area contributed by atoms with Gasteiger partial charge >= 0.3 is 0 Å². The summed E-state index contributed by atoms with van der Waals surface area (Å²) in [4.78, 5) is 10.4. The Balaban J connectivity index is 2.02. The molecule has 0 bridgehead atoms. The summed E-state index contributed by atoms with van der Waals surface area (Å²) in [5, 5.41) is 12.0. The predicted molar refractivity (Wildman–Crippen MR) is 47.0 cm³/mol. The van der Waals surface area contributed by atoms with Crippen LogP contribution >= 0.6 is 0 Å². The van der Waals surface area contributed by atoms with Crippen molar-refractivity contribution in [1.82, 2.24) is 5.32 Å². The van der Waals surface area contributed by atoms with Crippen LogP contribution in [0.5, 0.6) is 0 Å². The molecule has 1 aliphatic heterocycles. The van der Waals surface area contributed by atoms with E-state index in [-0.39, 0.29) is 12.6 Å². The maximum absolute atomic E-state index is 10.4. The molecule has 0 radical (unpaired) electrons. The van der Waals surface area contributed by atoms with Crippen LogP contribution in [0.2, 0.25) is 0 Å². The zero-order chi connectivity index (χ0) is 9.68. The Morgan fingerprint density at radius 3 is 3.08 bits per heavy atom. The number of primary amides is 1. The summed E-state index contributed by atoms with van der Waals surface area (Å²) in [6.45, 7) is 1.68. The van der Waals surface area contributed by atoms with E-state index in [9.17, 15) is 4.79 Å². The first-order valence-corrected chi connectivity index (χ1v) is 4.50. The Bertz CT molecular complexity index is 169. The van der Waals surface area contributed by atoms with Gasteiger partial charge < -0.3 is 20.9 Å². The number of hydrogen-bond donors (Lipinski definition) is 3. The highest BCUT2D eigenvalue weighted by Gasteiger charge is 2.16. The molecule has 1 saturated heterocycles. The Morgan fingerprint density at radius 1 is 1.77 bits per heavy atom. The van der Waals surface area contributed by atoms with E-state index in [1.165, 1.54) is 0 Å². The van der Waals surface area contributed by atoms with E-state index < -0.39 is 12.0 Å². The van der Waals surface area contributed by atoms with Crippen LogP contribution in [0.15, 0.2) is 0 Å². The Hall–Kier alpha value is -0.650. The normalized spacial score (nSPS) is 24.5. The van der Waals surface area contributed by atoms with Gasteiger partial charge in [0.2, 0.25) is 5.91 Å². The van der Waals surface area contributed by atoms with E-state index in [1.807, 2.05) is 0 Å². The number of aliphatic hydroxyl groups excluding tert-OH is 1. The molecule has 5 nitrogen and oxygen atoms in total. The van der Waals surface area contributed by atoms with Gasteiger partial charge in [-0.2, -0.15) is 0 Å². The molecule has 2 atom stereocenters. The molecular weight excluding hydrogens is 172 g/mol. The van der Waals surface area contributed by atoms with Crippen molar-refractivity contribution >= 4 is 5.91 Å². The smallest absolute Gasteiger partial charge is 0.247 e. The van der Waals surface area contributed by atoms with Crippen LogP contribution < -0.4 is 11.1 Å². The fraction of sp³-hybridized carbons (Fsp3) is 0.875. The second kappa shape index (κ2) is 5.16. The van der Waals surface area contributed by atoms with Crippen LogP contribution in [0.4, 0.5) is 0 Å². The number of ether oxygens (including phenoxy) is 1. The van der Waals surface area contributed by atoms with Crippen molar-refractivity contribution in [1.29, 1.82) is 0 Å². The monoisotopic (exact) mass is 188 g/mol. The highest BCUT2D eigenvalue weighted by Crippen LogP contribution is 2.10. The van der Waals surface area contributed by atoms with Gasteiger partial charge in [0.05, 0.1) is 6.10 Å². The Labute approximate surface area is 77.2 Å². The van der Waals surface area contributed by atoms with Crippen molar-refractivity contribution in [2.75, 3.05) is 19.7 Å². The summed E-state index contributed by atoms with van der Waals surface area (Å²) < 4.78 is 5.33. The van der Waals surface area contributed by atoms with Gasteiger partial charge in [0.1, 0.15) is 6.10 Å². The van der Waals surface area contributed by atoms with Crippen molar-refractivity contribution in [3.05, 3.63) is 0 Å². The van der Waals surface area contributed by atoms with Crippen molar-refractivity contribution in [2.45, 2.75) is 25.0 Å². The SMILES string of the molecule is NC(=O)C(O)CNCC1CCCO1. The molecule has 2 unspecified atom stereocenters. The topological polar surface area (TPSA) is 84.6 Å². The van der Waals surface area contributed by atoms with Crippen LogP contribution in [0, 0.1) is 0 Å². The summed E-state index contributed by atoms with van der Waals surface area (Å²) in [6.07, 6.45) is 1.26. The molecule has 1 amide bonds. The molecule has 5 heteroatoms. The quantitative estimate of drug-likeness (QED) is 0.495.